The van der Waals surface area contributed by atoms with Gasteiger partial charge in [0.2, 0.25) is 5.91 Å². The summed E-state index contributed by atoms with van der Waals surface area (Å²) in [7, 11) is 1.66. The number of carbonyl (C=O) groups is 1. The van der Waals surface area contributed by atoms with Gasteiger partial charge in [-0.15, -0.1) is 0 Å². The minimum Gasteiger partial charge on any atom is -0.497 e. The third kappa shape index (κ3) is 5.28. The fourth-order valence-corrected chi connectivity index (χ4v) is 4.68. The van der Waals surface area contributed by atoms with E-state index >= 15 is 0 Å². The van der Waals surface area contributed by atoms with Crippen LogP contribution in [0.25, 0.3) is 11.3 Å². The Bertz CT molecular complexity index is 1070. The Morgan fingerprint density at radius 2 is 1.97 bits per heavy atom. The Labute approximate surface area is 198 Å². The second-order valence-corrected chi connectivity index (χ2v) is 8.81. The summed E-state index contributed by atoms with van der Waals surface area (Å²) < 4.78 is 11.1. The van der Waals surface area contributed by atoms with Gasteiger partial charge in [0.15, 0.2) is 11.7 Å². The molecule has 2 heterocycles. The maximum Gasteiger partial charge on any atom is 0.223 e. The molecular weight excluding hydrogens is 447 g/mol. The third-order valence-electron chi connectivity index (χ3n) is 5.88. The SMILES string of the molecule is COc1ccc(C2CCCCCN2C(=O)CCc2ncc(-c3ccc(Cl)cc3Cl)o2)cc1. The summed E-state index contributed by atoms with van der Waals surface area (Å²) in [6.45, 7) is 0.771. The van der Waals surface area contributed by atoms with E-state index in [0.29, 0.717) is 34.5 Å². The van der Waals surface area contributed by atoms with Gasteiger partial charge in [-0.2, -0.15) is 0 Å². The lowest BCUT2D eigenvalue weighted by atomic mass is 10.00. The van der Waals surface area contributed by atoms with Gasteiger partial charge in [-0.1, -0.05) is 48.2 Å². The molecule has 168 valence electrons. The highest BCUT2D eigenvalue weighted by molar-refractivity contribution is 6.36. The quantitative estimate of drug-likeness (QED) is 0.398. The molecule has 0 aliphatic carbocycles. The highest BCUT2D eigenvalue weighted by atomic mass is 35.5. The molecule has 1 amide bonds. The van der Waals surface area contributed by atoms with E-state index in [1.54, 1.807) is 31.5 Å². The van der Waals surface area contributed by atoms with Crippen LogP contribution < -0.4 is 4.74 Å². The van der Waals surface area contributed by atoms with E-state index in [-0.39, 0.29) is 11.9 Å². The predicted molar refractivity (Wildman–Crippen MR) is 126 cm³/mol. The Hall–Kier alpha value is -2.50. The number of halogens is 2. The Morgan fingerprint density at radius 3 is 2.72 bits per heavy atom. The monoisotopic (exact) mass is 472 g/mol. The van der Waals surface area contributed by atoms with Gasteiger partial charge in [-0.05, 0) is 48.7 Å². The van der Waals surface area contributed by atoms with Crippen LogP contribution in [0, 0.1) is 0 Å². The smallest absolute Gasteiger partial charge is 0.223 e. The largest absolute Gasteiger partial charge is 0.497 e. The van der Waals surface area contributed by atoms with Crippen molar-refractivity contribution < 1.29 is 13.9 Å². The topological polar surface area (TPSA) is 55.6 Å². The average molecular weight is 473 g/mol. The zero-order valence-corrected chi connectivity index (χ0v) is 19.5. The zero-order chi connectivity index (χ0) is 22.5. The molecular formula is C25H26Cl2N2O3. The Morgan fingerprint density at radius 1 is 1.16 bits per heavy atom. The van der Waals surface area contributed by atoms with Crippen molar-refractivity contribution in [2.24, 2.45) is 0 Å². The first-order valence-corrected chi connectivity index (χ1v) is 11.6. The molecule has 0 N–H and O–H groups in total. The molecule has 2 aromatic carbocycles. The van der Waals surface area contributed by atoms with Gasteiger partial charge in [-0.3, -0.25) is 4.79 Å². The number of aromatic nitrogens is 1. The van der Waals surface area contributed by atoms with E-state index in [1.165, 1.54) is 0 Å². The fraction of sp³-hybridized carbons (Fsp3) is 0.360. The number of methoxy groups -OCH3 is 1. The lowest BCUT2D eigenvalue weighted by molar-refractivity contribution is -0.133. The van der Waals surface area contributed by atoms with E-state index in [1.807, 2.05) is 17.0 Å². The molecule has 1 aliphatic rings. The molecule has 0 spiro atoms. The fourth-order valence-electron chi connectivity index (χ4n) is 4.18. The van der Waals surface area contributed by atoms with Gasteiger partial charge in [0.05, 0.1) is 24.4 Å². The average Bonchev–Trinajstić information content (AvgIpc) is 3.12. The summed E-state index contributed by atoms with van der Waals surface area (Å²) in [5.74, 6) is 2.04. The molecule has 3 aromatic rings. The van der Waals surface area contributed by atoms with Crippen molar-refractivity contribution in [1.82, 2.24) is 9.88 Å². The molecule has 1 saturated heterocycles. The third-order valence-corrected chi connectivity index (χ3v) is 6.42. The Kier molecular flexibility index (Phi) is 7.38. The lowest BCUT2D eigenvalue weighted by Crippen LogP contribution is -2.35. The molecule has 5 nitrogen and oxygen atoms in total. The number of hydrogen-bond donors (Lipinski definition) is 0. The first-order valence-electron chi connectivity index (χ1n) is 10.9. The number of hydrogen-bond acceptors (Lipinski definition) is 4. The highest BCUT2D eigenvalue weighted by Crippen LogP contribution is 2.33. The van der Waals surface area contributed by atoms with Crippen LogP contribution in [0.5, 0.6) is 5.75 Å². The number of likely N-dealkylation sites (tertiary alicyclic amines) is 1. The minimum absolute atomic E-state index is 0.0869. The molecule has 1 fully saturated rings. The molecule has 1 aromatic heterocycles. The summed E-state index contributed by atoms with van der Waals surface area (Å²) in [4.78, 5) is 19.6. The molecule has 0 saturated carbocycles. The second kappa shape index (κ2) is 10.4. The first-order chi connectivity index (χ1) is 15.5. The summed E-state index contributed by atoms with van der Waals surface area (Å²) in [6.07, 6.45) is 6.68. The highest BCUT2D eigenvalue weighted by Gasteiger charge is 2.27. The molecule has 0 bridgehead atoms. The van der Waals surface area contributed by atoms with Gasteiger partial charge >= 0.3 is 0 Å². The number of nitrogens with zero attached hydrogens (tertiary/aromatic N) is 2. The van der Waals surface area contributed by atoms with Crippen molar-refractivity contribution in [2.45, 2.75) is 44.6 Å². The molecule has 7 heteroatoms. The van der Waals surface area contributed by atoms with Gasteiger partial charge < -0.3 is 14.1 Å². The van der Waals surface area contributed by atoms with Crippen molar-refractivity contribution in [1.29, 1.82) is 0 Å². The molecule has 0 radical (unpaired) electrons. The zero-order valence-electron chi connectivity index (χ0n) is 18.0. The van der Waals surface area contributed by atoms with Crippen molar-refractivity contribution >= 4 is 29.1 Å². The Balaban J connectivity index is 1.44. The molecule has 1 unspecified atom stereocenters. The molecule has 4 rings (SSSR count). The first kappa shape index (κ1) is 22.7. The minimum atomic E-state index is 0.0869. The summed E-state index contributed by atoms with van der Waals surface area (Å²) in [5, 5.41) is 1.07. The van der Waals surface area contributed by atoms with Crippen LogP contribution in [0.3, 0.4) is 0 Å². The molecule has 1 atom stereocenters. The number of amides is 1. The summed E-state index contributed by atoms with van der Waals surface area (Å²) in [5.41, 5.74) is 1.88. The van der Waals surface area contributed by atoms with Gasteiger partial charge in [0, 0.05) is 30.0 Å². The van der Waals surface area contributed by atoms with E-state index in [2.05, 4.69) is 17.1 Å². The number of aryl methyl sites for hydroxylation is 1. The van der Waals surface area contributed by atoms with E-state index in [4.69, 9.17) is 32.4 Å². The van der Waals surface area contributed by atoms with Gasteiger partial charge in [-0.25, -0.2) is 4.98 Å². The van der Waals surface area contributed by atoms with Crippen LogP contribution >= 0.6 is 23.2 Å². The van der Waals surface area contributed by atoms with E-state index in [0.717, 1.165) is 49.1 Å². The van der Waals surface area contributed by atoms with Gasteiger partial charge in [0.25, 0.3) is 0 Å². The maximum absolute atomic E-state index is 13.2. The maximum atomic E-state index is 13.2. The van der Waals surface area contributed by atoms with E-state index < -0.39 is 0 Å². The molecule has 1 aliphatic heterocycles. The van der Waals surface area contributed by atoms with Crippen LogP contribution in [0.4, 0.5) is 0 Å². The number of rotatable bonds is 6. The predicted octanol–water partition coefficient (Wildman–Crippen LogP) is 6.73. The normalized spacial score (nSPS) is 16.6. The summed E-state index contributed by atoms with van der Waals surface area (Å²) >= 11 is 12.2. The van der Waals surface area contributed by atoms with Crippen LogP contribution in [-0.4, -0.2) is 29.4 Å². The molecule has 32 heavy (non-hydrogen) atoms. The van der Waals surface area contributed by atoms with Crippen molar-refractivity contribution in [3.8, 4) is 17.1 Å². The lowest BCUT2D eigenvalue weighted by Gasteiger charge is -2.30. The van der Waals surface area contributed by atoms with Gasteiger partial charge in [0.1, 0.15) is 5.75 Å². The number of carbonyl (C=O) groups excluding carboxylic acids is 1. The van der Waals surface area contributed by atoms with Crippen LogP contribution in [0.15, 0.2) is 53.1 Å². The van der Waals surface area contributed by atoms with E-state index in [9.17, 15) is 4.79 Å². The van der Waals surface area contributed by atoms with Crippen molar-refractivity contribution in [3.63, 3.8) is 0 Å². The van der Waals surface area contributed by atoms with Crippen LogP contribution in [0.1, 0.15) is 49.6 Å². The number of benzene rings is 2. The van der Waals surface area contributed by atoms with Crippen molar-refractivity contribution in [3.05, 3.63) is 70.2 Å². The number of oxazole rings is 1. The number of ether oxygens (including phenoxy) is 1. The van der Waals surface area contributed by atoms with Crippen LogP contribution in [-0.2, 0) is 11.2 Å². The van der Waals surface area contributed by atoms with Crippen LogP contribution in [0.2, 0.25) is 10.0 Å². The summed E-state index contributed by atoms with van der Waals surface area (Å²) in [6, 6.07) is 13.4. The second-order valence-electron chi connectivity index (χ2n) is 7.97. The van der Waals surface area contributed by atoms with Crippen molar-refractivity contribution in [2.75, 3.05) is 13.7 Å². The standard InChI is InChI=1S/C25H26Cl2N2O3/c1-31-19-9-6-17(7-10-19)22-5-3-2-4-14-29(22)25(30)13-12-24-28-16-23(32-24)20-11-8-18(26)15-21(20)27/h6-11,15-16,22H,2-5,12-14H2,1H3.